The third kappa shape index (κ3) is 3.65. The average Bonchev–Trinajstić information content (AvgIpc) is 3.34. The molecule has 7 nitrogen and oxygen atoms in total. The predicted molar refractivity (Wildman–Crippen MR) is 107 cm³/mol. The number of hydrogen-bond acceptors (Lipinski definition) is 5. The second-order valence-electron chi connectivity index (χ2n) is 8.48. The molecule has 0 radical (unpaired) electrons. The first kappa shape index (κ1) is 18.1. The van der Waals surface area contributed by atoms with Gasteiger partial charge in [0.25, 0.3) is 5.56 Å². The molecule has 2 aromatic rings. The maximum Gasteiger partial charge on any atom is 0.267 e. The Morgan fingerprint density at radius 2 is 1.75 bits per heavy atom. The second kappa shape index (κ2) is 7.79. The summed E-state index contributed by atoms with van der Waals surface area (Å²) in [7, 11) is 0. The van der Waals surface area contributed by atoms with Crippen LogP contribution >= 0.6 is 0 Å². The topological polar surface area (TPSA) is 70.1 Å². The normalized spacial score (nSPS) is 20.3. The second-order valence-corrected chi connectivity index (χ2v) is 8.48. The summed E-state index contributed by atoms with van der Waals surface area (Å²) in [4.78, 5) is 17.2. The largest absolute Gasteiger partial charge is 0.299 e. The van der Waals surface area contributed by atoms with Crippen molar-refractivity contribution in [3.63, 3.8) is 0 Å². The molecule has 2 aliphatic carbocycles. The molecular weight excluding hydrogens is 352 g/mol. The van der Waals surface area contributed by atoms with Crippen molar-refractivity contribution in [2.24, 2.45) is 0 Å². The molecule has 0 atom stereocenters. The summed E-state index contributed by atoms with van der Waals surface area (Å²) in [6, 6.07) is 1.80. The summed E-state index contributed by atoms with van der Waals surface area (Å²) in [5, 5.41) is 12.5. The molecule has 2 aromatic heterocycles. The van der Waals surface area contributed by atoms with E-state index >= 15 is 0 Å². The van der Waals surface area contributed by atoms with Crippen molar-refractivity contribution < 1.29 is 0 Å². The van der Waals surface area contributed by atoms with E-state index in [-0.39, 0.29) is 5.56 Å². The van der Waals surface area contributed by atoms with E-state index < -0.39 is 0 Å². The number of hydrogen-bond donors (Lipinski definition) is 1. The molecule has 0 amide bonds. The highest BCUT2D eigenvalue weighted by molar-refractivity contribution is 5.27. The lowest BCUT2D eigenvalue weighted by atomic mass is 9.96. The van der Waals surface area contributed by atoms with Gasteiger partial charge in [-0.15, -0.1) is 0 Å². The smallest absolute Gasteiger partial charge is 0.267 e. The van der Waals surface area contributed by atoms with Crippen molar-refractivity contribution in [3.8, 4) is 0 Å². The summed E-state index contributed by atoms with van der Waals surface area (Å²) in [6.07, 6.45) is 8.09. The van der Waals surface area contributed by atoms with Gasteiger partial charge in [-0.1, -0.05) is 0 Å². The van der Waals surface area contributed by atoms with Gasteiger partial charge in [0, 0.05) is 51.0 Å². The van der Waals surface area contributed by atoms with Gasteiger partial charge in [0.2, 0.25) is 0 Å². The van der Waals surface area contributed by atoms with E-state index in [1.807, 2.05) is 0 Å². The highest BCUT2D eigenvalue weighted by Gasteiger charge is 2.22. The van der Waals surface area contributed by atoms with Crippen LogP contribution in [0.5, 0.6) is 0 Å². The number of piperazine rings is 1. The van der Waals surface area contributed by atoms with Gasteiger partial charge in [-0.05, 0) is 56.1 Å². The fraction of sp³-hybridized carbons (Fsp3) is 0.667. The van der Waals surface area contributed by atoms with E-state index in [1.54, 1.807) is 10.7 Å². The van der Waals surface area contributed by atoms with Crippen LogP contribution in [0, 0.1) is 0 Å². The summed E-state index contributed by atoms with van der Waals surface area (Å²) < 4.78 is 1.67. The predicted octanol–water partition coefficient (Wildman–Crippen LogP) is 1.15. The van der Waals surface area contributed by atoms with Crippen LogP contribution in [-0.4, -0.2) is 62.5 Å². The summed E-state index contributed by atoms with van der Waals surface area (Å²) in [5.41, 5.74) is 6.46. The number of rotatable bonds is 5. The number of H-pyrrole nitrogens is 1. The van der Waals surface area contributed by atoms with Gasteiger partial charge in [0.15, 0.2) is 0 Å². The Balaban J connectivity index is 1.13. The summed E-state index contributed by atoms with van der Waals surface area (Å²) in [6.45, 7) is 6.78. The molecule has 0 unspecified atom stereocenters. The molecule has 1 saturated heterocycles. The van der Waals surface area contributed by atoms with Crippen LogP contribution in [0.2, 0.25) is 0 Å². The van der Waals surface area contributed by atoms with Crippen molar-refractivity contribution in [1.29, 1.82) is 0 Å². The maximum absolute atomic E-state index is 12.3. The fourth-order valence-electron chi connectivity index (χ4n) is 4.90. The molecule has 0 saturated carbocycles. The van der Waals surface area contributed by atoms with Crippen LogP contribution < -0.4 is 5.56 Å². The van der Waals surface area contributed by atoms with Crippen molar-refractivity contribution >= 4 is 0 Å². The average molecular weight is 383 g/mol. The zero-order valence-electron chi connectivity index (χ0n) is 16.6. The Labute approximate surface area is 165 Å². The van der Waals surface area contributed by atoms with Gasteiger partial charge < -0.3 is 0 Å². The lowest BCUT2D eigenvalue weighted by molar-refractivity contribution is 0.121. The summed E-state index contributed by atoms with van der Waals surface area (Å²) >= 11 is 0. The first-order valence-corrected chi connectivity index (χ1v) is 10.9. The van der Waals surface area contributed by atoms with E-state index in [9.17, 15) is 4.79 Å². The van der Waals surface area contributed by atoms with Crippen LogP contribution in [0.25, 0.3) is 0 Å². The first-order chi connectivity index (χ1) is 13.8. The number of nitrogens with one attached hydrogen (secondary N) is 1. The Hall–Kier alpha value is -1.99. The van der Waals surface area contributed by atoms with Crippen molar-refractivity contribution in [3.05, 3.63) is 44.6 Å². The minimum atomic E-state index is 0.0580. The van der Waals surface area contributed by atoms with Crippen LogP contribution in [0.4, 0.5) is 0 Å². The number of aryl methyl sites for hydroxylation is 3. The maximum atomic E-state index is 12.3. The number of aromatic nitrogens is 4. The van der Waals surface area contributed by atoms with E-state index in [0.29, 0.717) is 6.54 Å². The Kier molecular flexibility index (Phi) is 5.03. The van der Waals surface area contributed by atoms with Crippen molar-refractivity contribution in [1.82, 2.24) is 29.8 Å². The van der Waals surface area contributed by atoms with Gasteiger partial charge in [-0.25, -0.2) is 4.68 Å². The van der Waals surface area contributed by atoms with Crippen molar-refractivity contribution in [2.75, 3.05) is 32.7 Å². The molecule has 3 heterocycles. The Bertz CT molecular complexity index is 893. The van der Waals surface area contributed by atoms with E-state index in [1.165, 1.54) is 36.2 Å². The zero-order valence-corrected chi connectivity index (χ0v) is 16.6. The monoisotopic (exact) mass is 382 g/mol. The molecule has 0 aromatic carbocycles. The number of aromatic amines is 1. The van der Waals surface area contributed by atoms with Gasteiger partial charge in [-0.3, -0.25) is 19.7 Å². The Morgan fingerprint density at radius 3 is 2.64 bits per heavy atom. The van der Waals surface area contributed by atoms with Crippen LogP contribution in [0.15, 0.2) is 10.9 Å². The van der Waals surface area contributed by atoms with Gasteiger partial charge in [-0.2, -0.15) is 10.2 Å². The molecular formula is C21H30N6O. The molecule has 28 heavy (non-hydrogen) atoms. The zero-order chi connectivity index (χ0) is 18.9. The highest BCUT2D eigenvalue weighted by atomic mass is 16.1. The van der Waals surface area contributed by atoms with E-state index in [2.05, 4.69) is 25.1 Å². The number of fused-ring (bicyclic) bond motifs is 2. The summed E-state index contributed by atoms with van der Waals surface area (Å²) in [5.74, 6) is 0. The molecule has 0 bridgehead atoms. The third-order valence-electron chi connectivity index (χ3n) is 6.63. The molecule has 0 spiro atoms. The van der Waals surface area contributed by atoms with Crippen LogP contribution in [0.3, 0.4) is 0 Å². The molecule has 7 heteroatoms. The lowest BCUT2D eigenvalue weighted by Crippen LogP contribution is -2.47. The van der Waals surface area contributed by atoms with Crippen LogP contribution in [0.1, 0.15) is 47.5 Å². The minimum Gasteiger partial charge on any atom is -0.299 e. The van der Waals surface area contributed by atoms with Gasteiger partial charge in [0.1, 0.15) is 0 Å². The SMILES string of the molecule is O=c1cc2c(nn1CCN1CCN(Cc3n[nH]c4c3CCCC4)CC1)CCC2. The first-order valence-electron chi connectivity index (χ1n) is 10.9. The number of nitrogens with zero attached hydrogens (tertiary/aromatic N) is 5. The van der Waals surface area contributed by atoms with E-state index in [4.69, 9.17) is 0 Å². The fourth-order valence-corrected chi connectivity index (χ4v) is 4.90. The standard InChI is InChI=1S/C21H30N6O/c28-21-14-16-4-3-7-18(16)24-27(21)13-12-25-8-10-26(11-9-25)15-20-17-5-1-2-6-19(17)22-23-20/h14H,1-13,15H2,(H,22,23). The lowest BCUT2D eigenvalue weighted by Gasteiger charge is -2.34. The van der Waals surface area contributed by atoms with Gasteiger partial charge in [0.05, 0.1) is 17.9 Å². The van der Waals surface area contributed by atoms with Crippen molar-refractivity contribution in [2.45, 2.75) is 58.0 Å². The quantitative estimate of drug-likeness (QED) is 0.840. The molecule has 1 N–H and O–H groups in total. The van der Waals surface area contributed by atoms with Crippen LogP contribution in [-0.2, 0) is 38.8 Å². The molecule has 5 rings (SSSR count). The molecule has 1 fully saturated rings. The minimum absolute atomic E-state index is 0.0580. The van der Waals surface area contributed by atoms with Gasteiger partial charge >= 0.3 is 0 Å². The molecule has 3 aliphatic rings. The third-order valence-corrected chi connectivity index (χ3v) is 6.63. The Morgan fingerprint density at radius 1 is 0.929 bits per heavy atom. The molecule has 150 valence electrons. The highest BCUT2D eigenvalue weighted by Crippen LogP contribution is 2.23. The van der Waals surface area contributed by atoms with E-state index in [0.717, 1.165) is 76.2 Å². The molecule has 1 aliphatic heterocycles.